The average molecular weight is 463 g/mol. The number of imidazole rings is 1. The zero-order valence-electron chi connectivity index (χ0n) is 18.3. The van der Waals surface area contributed by atoms with Gasteiger partial charge in [0.05, 0.1) is 10.0 Å². The first-order chi connectivity index (χ1) is 15.0. The third kappa shape index (κ3) is 5.44. The predicted octanol–water partition coefficient (Wildman–Crippen LogP) is 6.27. The Kier molecular flexibility index (Phi) is 7.57. The zero-order chi connectivity index (χ0) is 21.8. The lowest BCUT2D eigenvalue weighted by Gasteiger charge is -2.26. The summed E-state index contributed by atoms with van der Waals surface area (Å²) in [6, 6.07) is 5.57. The first-order valence-electron chi connectivity index (χ1n) is 11.6. The Labute approximate surface area is 195 Å². The molecule has 1 aliphatic carbocycles. The van der Waals surface area contributed by atoms with Gasteiger partial charge in [0.25, 0.3) is 5.91 Å². The first kappa shape index (κ1) is 22.6. The van der Waals surface area contributed by atoms with Gasteiger partial charge in [-0.05, 0) is 50.3 Å². The standard InChI is InChI=1S/C24H32Cl2N4O/c1-17-22(24(31)28-29-13-6-3-7-14-29)27-23(19-10-11-20(25)21(26)16-19)30(17)15-12-18-8-4-2-5-9-18/h10-11,16,18H,2-9,12-15H2,1H3,(H,28,31). The van der Waals surface area contributed by atoms with Gasteiger partial charge in [-0.3, -0.25) is 10.2 Å². The monoisotopic (exact) mass is 462 g/mol. The van der Waals surface area contributed by atoms with Crippen LogP contribution in [0.1, 0.15) is 74.0 Å². The molecule has 0 radical (unpaired) electrons. The summed E-state index contributed by atoms with van der Waals surface area (Å²) < 4.78 is 2.19. The van der Waals surface area contributed by atoms with Crippen LogP contribution >= 0.6 is 23.2 Å². The van der Waals surface area contributed by atoms with Gasteiger partial charge in [0.2, 0.25) is 0 Å². The van der Waals surface area contributed by atoms with Gasteiger partial charge in [-0.25, -0.2) is 9.99 Å². The number of aromatic nitrogens is 2. The van der Waals surface area contributed by atoms with E-state index in [1.165, 1.54) is 38.5 Å². The van der Waals surface area contributed by atoms with Crippen molar-refractivity contribution in [3.63, 3.8) is 0 Å². The molecule has 1 saturated heterocycles. The lowest BCUT2D eigenvalue weighted by atomic mass is 9.87. The van der Waals surface area contributed by atoms with Gasteiger partial charge < -0.3 is 4.57 Å². The second-order valence-electron chi connectivity index (χ2n) is 8.93. The molecule has 2 aliphatic rings. The number of carbonyl (C=O) groups is 1. The number of hydrazine groups is 1. The second kappa shape index (κ2) is 10.4. The fourth-order valence-corrected chi connectivity index (χ4v) is 5.17. The highest BCUT2D eigenvalue weighted by atomic mass is 35.5. The van der Waals surface area contributed by atoms with Crippen molar-refractivity contribution in [2.75, 3.05) is 13.1 Å². The minimum absolute atomic E-state index is 0.128. The number of hydrogen-bond acceptors (Lipinski definition) is 3. The summed E-state index contributed by atoms with van der Waals surface area (Å²) in [5, 5.41) is 3.04. The molecule has 1 amide bonds. The van der Waals surface area contributed by atoms with Crippen LogP contribution in [0, 0.1) is 12.8 Å². The fourth-order valence-electron chi connectivity index (χ4n) is 4.87. The Morgan fingerprint density at radius 3 is 2.48 bits per heavy atom. The van der Waals surface area contributed by atoms with Gasteiger partial charge in [-0.1, -0.05) is 61.7 Å². The van der Waals surface area contributed by atoms with Gasteiger partial charge in [0, 0.05) is 30.9 Å². The van der Waals surface area contributed by atoms with Crippen LogP contribution in [0.5, 0.6) is 0 Å². The normalized spacial score (nSPS) is 18.3. The maximum Gasteiger partial charge on any atom is 0.286 e. The Morgan fingerprint density at radius 2 is 1.77 bits per heavy atom. The van der Waals surface area contributed by atoms with E-state index in [1.807, 2.05) is 24.1 Å². The average Bonchev–Trinajstić information content (AvgIpc) is 3.12. The molecule has 31 heavy (non-hydrogen) atoms. The molecule has 0 bridgehead atoms. The third-order valence-corrected chi connectivity index (χ3v) is 7.45. The Morgan fingerprint density at radius 1 is 1.06 bits per heavy atom. The quantitative estimate of drug-likeness (QED) is 0.550. The van der Waals surface area contributed by atoms with E-state index in [9.17, 15) is 4.79 Å². The summed E-state index contributed by atoms with van der Waals surface area (Å²) in [5.41, 5.74) is 5.36. The molecule has 0 atom stereocenters. The summed E-state index contributed by atoms with van der Waals surface area (Å²) in [6.45, 7) is 4.65. The van der Waals surface area contributed by atoms with Crippen LogP contribution < -0.4 is 5.43 Å². The second-order valence-corrected chi connectivity index (χ2v) is 9.75. The van der Waals surface area contributed by atoms with E-state index in [1.54, 1.807) is 6.07 Å². The van der Waals surface area contributed by atoms with Crippen molar-refractivity contribution in [2.24, 2.45) is 5.92 Å². The van der Waals surface area contributed by atoms with E-state index < -0.39 is 0 Å². The molecule has 0 unspecified atom stereocenters. The van der Waals surface area contributed by atoms with Crippen LogP contribution in [0.2, 0.25) is 10.0 Å². The highest BCUT2D eigenvalue weighted by Gasteiger charge is 2.24. The lowest BCUT2D eigenvalue weighted by Crippen LogP contribution is -2.45. The largest absolute Gasteiger partial charge is 0.328 e. The minimum Gasteiger partial charge on any atom is -0.328 e. The molecule has 0 spiro atoms. The Hall–Kier alpha value is -1.56. The molecule has 1 saturated carbocycles. The number of rotatable bonds is 6. The smallest absolute Gasteiger partial charge is 0.286 e. The number of amides is 1. The molecule has 168 valence electrons. The Balaban J connectivity index is 1.61. The summed E-state index contributed by atoms with van der Waals surface area (Å²) in [4.78, 5) is 17.9. The summed E-state index contributed by atoms with van der Waals surface area (Å²) in [7, 11) is 0. The maximum atomic E-state index is 13.1. The van der Waals surface area contributed by atoms with Crippen molar-refractivity contribution in [3.05, 3.63) is 39.6 Å². The highest BCUT2D eigenvalue weighted by Crippen LogP contribution is 2.31. The van der Waals surface area contributed by atoms with Crippen LogP contribution in [0.4, 0.5) is 0 Å². The summed E-state index contributed by atoms with van der Waals surface area (Å²) >= 11 is 12.4. The molecule has 7 heteroatoms. The Bertz CT molecular complexity index is 915. The van der Waals surface area contributed by atoms with Gasteiger partial charge in [-0.2, -0.15) is 0 Å². The molecule has 2 fully saturated rings. The number of carbonyl (C=O) groups excluding carboxylic acids is 1. The number of hydrogen-bond donors (Lipinski definition) is 1. The molecule has 4 rings (SSSR count). The van der Waals surface area contributed by atoms with Crippen molar-refractivity contribution in [1.29, 1.82) is 0 Å². The predicted molar refractivity (Wildman–Crippen MR) is 127 cm³/mol. The van der Waals surface area contributed by atoms with Crippen molar-refractivity contribution in [2.45, 2.75) is 71.3 Å². The fraction of sp³-hybridized carbons (Fsp3) is 0.583. The maximum absolute atomic E-state index is 13.1. The molecule has 1 aliphatic heterocycles. The number of nitrogens with one attached hydrogen (secondary N) is 1. The molecule has 1 aromatic heterocycles. The van der Waals surface area contributed by atoms with Crippen LogP contribution in [0.15, 0.2) is 18.2 Å². The number of nitrogens with zero attached hydrogens (tertiary/aromatic N) is 3. The number of benzene rings is 1. The van der Waals surface area contributed by atoms with E-state index in [4.69, 9.17) is 28.2 Å². The zero-order valence-corrected chi connectivity index (χ0v) is 19.8. The molecular formula is C24H32Cl2N4O. The minimum atomic E-state index is -0.128. The molecule has 1 N–H and O–H groups in total. The van der Waals surface area contributed by atoms with Crippen LogP contribution in [0.3, 0.4) is 0 Å². The van der Waals surface area contributed by atoms with Crippen molar-refractivity contribution >= 4 is 29.1 Å². The molecule has 2 heterocycles. The van der Waals surface area contributed by atoms with E-state index in [2.05, 4.69) is 9.99 Å². The summed E-state index contributed by atoms with van der Waals surface area (Å²) in [6.07, 6.45) is 11.2. The van der Waals surface area contributed by atoms with Crippen LogP contribution in [-0.4, -0.2) is 33.6 Å². The first-order valence-corrected chi connectivity index (χ1v) is 12.4. The van der Waals surface area contributed by atoms with Crippen molar-refractivity contribution < 1.29 is 4.79 Å². The number of piperidine rings is 1. The van der Waals surface area contributed by atoms with E-state index in [-0.39, 0.29) is 5.91 Å². The van der Waals surface area contributed by atoms with Gasteiger partial charge in [-0.15, -0.1) is 0 Å². The van der Waals surface area contributed by atoms with Crippen molar-refractivity contribution in [1.82, 2.24) is 20.0 Å². The molecule has 2 aromatic rings. The van der Waals surface area contributed by atoms with Crippen LogP contribution in [-0.2, 0) is 6.54 Å². The topological polar surface area (TPSA) is 50.2 Å². The van der Waals surface area contributed by atoms with Crippen LogP contribution in [0.25, 0.3) is 11.4 Å². The number of halogens is 2. The molecular weight excluding hydrogens is 431 g/mol. The molecule has 1 aromatic carbocycles. The third-order valence-electron chi connectivity index (χ3n) is 6.72. The van der Waals surface area contributed by atoms with Gasteiger partial charge >= 0.3 is 0 Å². The van der Waals surface area contributed by atoms with E-state index in [0.29, 0.717) is 15.7 Å². The van der Waals surface area contributed by atoms with Gasteiger partial charge in [0.1, 0.15) is 5.82 Å². The highest BCUT2D eigenvalue weighted by molar-refractivity contribution is 6.42. The molecule has 5 nitrogen and oxygen atoms in total. The van der Waals surface area contributed by atoms with E-state index in [0.717, 1.165) is 61.9 Å². The van der Waals surface area contributed by atoms with Crippen molar-refractivity contribution in [3.8, 4) is 11.4 Å². The SMILES string of the molecule is Cc1c(C(=O)NN2CCCCC2)nc(-c2ccc(Cl)c(Cl)c2)n1CCC1CCCCC1. The van der Waals surface area contributed by atoms with E-state index >= 15 is 0 Å². The summed E-state index contributed by atoms with van der Waals surface area (Å²) in [5.74, 6) is 1.41. The lowest BCUT2D eigenvalue weighted by molar-refractivity contribution is 0.0744. The van der Waals surface area contributed by atoms with Gasteiger partial charge in [0.15, 0.2) is 5.69 Å².